The summed E-state index contributed by atoms with van der Waals surface area (Å²) in [4.78, 5) is 4.33. The molecule has 0 aromatic heterocycles. The normalized spacial score (nSPS) is 15.9. The fourth-order valence-electron chi connectivity index (χ4n) is 0.969. The summed E-state index contributed by atoms with van der Waals surface area (Å²) < 4.78 is 0. The summed E-state index contributed by atoms with van der Waals surface area (Å²) in [5, 5.41) is 8.51. The zero-order chi connectivity index (χ0) is 8.69. The number of unbranched alkanes of at least 4 members (excludes halogenated alkanes) is 1. The Kier molecular flexibility index (Phi) is 6.18. The highest BCUT2D eigenvalue weighted by atomic mass is 17.1. The van der Waals surface area contributed by atoms with Gasteiger partial charge in [-0.2, -0.15) is 0 Å². The Morgan fingerprint density at radius 2 is 2.27 bits per heavy atom. The van der Waals surface area contributed by atoms with Gasteiger partial charge in [0.05, 0.1) is 6.10 Å². The van der Waals surface area contributed by atoms with Gasteiger partial charge in [-0.25, -0.2) is 4.89 Å². The molecule has 0 aliphatic rings. The lowest BCUT2D eigenvalue weighted by atomic mass is 10.0. The molecule has 0 aliphatic carbocycles. The smallest absolute Gasteiger partial charge is 0.0986 e. The molecule has 0 saturated heterocycles. The van der Waals surface area contributed by atoms with E-state index in [2.05, 4.69) is 18.4 Å². The summed E-state index contributed by atoms with van der Waals surface area (Å²) in [6.07, 6.45) is 4.84. The van der Waals surface area contributed by atoms with Crippen LogP contribution >= 0.6 is 0 Å². The van der Waals surface area contributed by atoms with E-state index in [4.69, 9.17) is 5.26 Å². The van der Waals surface area contributed by atoms with E-state index in [-0.39, 0.29) is 12.0 Å². The first-order valence-corrected chi connectivity index (χ1v) is 4.19. The summed E-state index contributed by atoms with van der Waals surface area (Å²) in [6.45, 7) is 7.75. The van der Waals surface area contributed by atoms with Crippen LogP contribution in [0, 0.1) is 5.92 Å². The van der Waals surface area contributed by atoms with Crippen LogP contribution in [0.4, 0.5) is 0 Å². The minimum atomic E-state index is -0.0764. The molecule has 0 spiro atoms. The fourth-order valence-corrected chi connectivity index (χ4v) is 0.969. The molecule has 0 radical (unpaired) electrons. The van der Waals surface area contributed by atoms with E-state index in [0.29, 0.717) is 0 Å². The van der Waals surface area contributed by atoms with Crippen molar-refractivity contribution in [2.24, 2.45) is 5.92 Å². The molecule has 0 amide bonds. The van der Waals surface area contributed by atoms with Crippen molar-refractivity contribution in [1.82, 2.24) is 0 Å². The number of rotatable bonds is 6. The average Bonchev–Trinajstić information content (AvgIpc) is 2.05. The van der Waals surface area contributed by atoms with Crippen molar-refractivity contribution < 1.29 is 10.1 Å². The van der Waals surface area contributed by atoms with Crippen LogP contribution in [0.1, 0.15) is 33.1 Å². The first kappa shape index (κ1) is 10.7. The van der Waals surface area contributed by atoms with E-state index in [0.717, 1.165) is 19.3 Å². The lowest BCUT2D eigenvalue weighted by molar-refractivity contribution is -0.287. The Morgan fingerprint density at radius 3 is 2.64 bits per heavy atom. The van der Waals surface area contributed by atoms with Crippen LogP contribution in [0.15, 0.2) is 12.7 Å². The summed E-state index contributed by atoms with van der Waals surface area (Å²) in [5.74, 6) is 0.228. The third-order valence-corrected chi connectivity index (χ3v) is 1.94. The molecule has 0 rings (SSSR count). The maximum absolute atomic E-state index is 8.51. The maximum atomic E-state index is 8.51. The molecule has 0 aromatic rings. The van der Waals surface area contributed by atoms with E-state index < -0.39 is 0 Å². The molecular formula is C9H18O2. The second-order valence-electron chi connectivity index (χ2n) is 2.88. The quantitative estimate of drug-likeness (QED) is 0.366. The molecule has 2 heteroatoms. The highest BCUT2D eigenvalue weighted by Crippen LogP contribution is 2.14. The van der Waals surface area contributed by atoms with E-state index in [1.54, 1.807) is 6.08 Å². The first-order valence-electron chi connectivity index (χ1n) is 4.19. The van der Waals surface area contributed by atoms with Gasteiger partial charge in [-0.05, 0) is 6.42 Å². The highest BCUT2D eigenvalue weighted by molar-refractivity contribution is 4.81. The fraction of sp³-hybridized carbons (Fsp3) is 0.778. The van der Waals surface area contributed by atoms with Gasteiger partial charge in [0.15, 0.2) is 0 Å². The van der Waals surface area contributed by atoms with Gasteiger partial charge >= 0.3 is 0 Å². The molecule has 0 fully saturated rings. The Morgan fingerprint density at radius 1 is 1.64 bits per heavy atom. The molecule has 0 bridgehead atoms. The average molecular weight is 158 g/mol. The SMILES string of the molecule is C=CC(C)C(CCCC)OO. The van der Waals surface area contributed by atoms with Crippen LogP contribution in [-0.4, -0.2) is 11.4 Å². The van der Waals surface area contributed by atoms with Crippen molar-refractivity contribution in [1.29, 1.82) is 0 Å². The van der Waals surface area contributed by atoms with Gasteiger partial charge in [0.1, 0.15) is 0 Å². The zero-order valence-corrected chi connectivity index (χ0v) is 7.42. The van der Waals surface area contributed by atoms with Gasteiger partial charge in [0, 0.05) is 5.92 Å². The van der Waals surface area contributed by atoms with Gasteiger partial charge in [-0.3, -0.25) is 5.26 Å². The van der Waals surface area contributed by atoms with Gasteiger partial charge in [0.2, 0.25) is 0 Å². The van der Waals surface area contributed by atoms with Crippen LogP contribution in [-0.2, 0) is 4.89 Å². The van der Waals surface area contributed by atoms with E-state index in [1.165, 1.54) is 0 Å². The molecule has 0 aliphatic heterocycles. The van der Waals surface area contributed by atoms with Crippen LogP contribution in [0.25, 0.3) is 0 Å². The van der Waals surface area contributed by atoms with Crippen molar-refractivity contribution in [3.05, 3.63) is 12.7 Å². The minimum absolute atomic E-state index is 0.0764. The van der Waals surface area contributed by atoms with Gasteiger partial charge < -0.3 is 0 Å². The topological polar surface area (TPSA) is 29.5 Å². The minimum Gasteiger partial charge on any atom is -0.252 e. The lowest BCUT2D eigenvalue weighted by Crippen LogP contribution is -2.18. The van der Waals surface area contributed by atoms with Gasteiger partial charge in [-0.1, -0.05) is 32.8 Å². The predicted octanol–water partition coefficient (Wildman–Crippen LogP) is 2.86. The summed E-state index contributed by atoms with van der Waals surface area (Å²) in [5.41, 5.74) is 0. The molecule has 2 nitrogen and oxygen atoms in total. The van der Waals surface area contributed by atoms with E-state index >= 15 is 0 Å². The van der Waals surface area contributed by atoms with Crippen molar-refractivity contribution in [2.45, 2.75) is 39.2 Å². The standard InChI is InChI=1S/C9H18O2/c1-4-6-7-9(11-10)8(3)5-2/h5,8-10H,2,4,6-7H2,1,3H3. The zero-order valence-electron chi connectivity index (χ0n) is 7.42. The van der Waals surface area contributed by atoms with Gasteiger partial charge in [-0.15, -0.1) is 6.58 Å². The molecule has 2 atom stereocenters. The monoisotopic (exact) mass is 158 g/mol. The molecule has 0 aromatic carbocycles. The van der Waals surface area contributed by atoms with Crippen molar-refractivity contribution in [3.63, 3.8) is 0 Å². The highest BCUT2D eigenvalue weighted by Gasteiger charge is 2.13. The molecule has 1 N–H and O–H groups in total. The molecule has 0 saturated carbocycles. The molecular weight excluding hydrogens is 140 g/mol. The Balaban J connectivity index is 3.64. The molecule has 11 heavy (non-hydrogen) atoms. The van der Waals surface area contributed by atoms with Crippen LogP contribution in [0.3, 0.4) is 0 Å². The third kappa shape index (κ3) is 4.17. The second kappa shape index (κ2) is 6.38. The van der Waals surface area contributed by atoms with Crippen LogP contribution in [0.2, 0.25) is 0 Å². The van der Waals surface area contributed by atoms with Crippen LogP contribution in [0.5, 0.6) is 0 Å². The summed E-state index contributed by atoms with van der Waals surface area (Å²) in [7, 11) is 0. The molecule has 0 heterocycles. The largest absolute Gasteiger partial charge is 0.252 e. The summed E-state index contributed by atoms with van der Waals surface area (Å²) in [6, 6.07) is 0. The number of hydrogen-bond donors (Lipinski definition) is 1. The van der Waals surface area contributed by atoms with Crippen molar-refractivity contribution in [2.75, 3.05) is 0 Å². The first-order chi connectivity index (χ1) is 5.26. The van der Waals surface area contributed by atoms with Crippen molar-refractivity contribution >= 4 is 0 Å². The predicted molar refractivity (Wildman–Crippen MR) is 46.4 cm³/mol. The van der Waals surface area contributed by atoms with Crippen molar-refractivity contribution in [3.8, 4) is 0 Å². The lowest BCUT2D eigenvalue weighted by Gasteiger charge is -2.16. The second-order valence-corrected chi connectivity index (χ2v) is 2.88. The Hall–Kier alpha value is -0.340. The summed E-state index contributed by atoms with van der Waals surface area (Å²) >= 11 is 0. The molecule has 2 unspecified atom stereocenters. The molecule has 66 valence electrons. The third-order valence-electron chi connectivity index (χ3n) is 1.94. The van der Waals surface area contributed by atoms with Gasteiger partial charge in [0.25, 0.3) is 0 Å². The Labute approximate surface area is 68.8 Å². The van der Waals surface area contributed by atoms with E-state index in [9.17, 15) is 0 Å². The Bertz CT molecular complexity index is 102. The number of hydrogen-bond acceptors (Lipinski definition) is 2. The van der Waals surface area contributed by atoms with Crippen LogP contribution < -0.4 is 0 Å². The maximum Gasteiger partial charge on any atom is 0.0986 e. The van der Waals surface area contributed by atoms with E-state index in [1.807, 2.05) is 6.92 Å².